The van der Waals surface area contributed by atoms with Crippen LogP contribution in [0.3, 0.4) is 0 Å². The third-order valence-electron chi connectivity index (χ3n) is 6.05. The van der Waals surface area contributed by atoms with Crippen LogP contribution in [0.15, 0.2) is 18.2 Å². The zero-order valence-electron chi connectivity index (χ0n) is 19.9. The van der Waals surface area contributed by atoms with Gasteiger partial charge in [-0.25, -0.2) is 4.79 Å². The number of hydrogen-bond donors (Lipinski definition) is 1. The maximum absolute atomic E-state index is 12.6. The van der Waals surface area contributed by atoms with Crippen molar-refractivity contribution in [2.45, 2.75) is 46.6 Å². The molecule has 8 nitrogen and oxygen atoms in total. The summed E-state index contributed by atoms with van der Waals surface area (Å²) in [5.41, 5.74) is 2.68. The maximum atomic E-state index is 12.6. The summed E-state index contributed by atoms with van der Waals surface area (Å²) in [6.45, 7) is 14.0. The number of anilines is 1. The van der Waals surface area contributed by atoms with Crippen LogP contribution in [0.4, 0.5) is 10.5 Å². The summed E-state index contributed by atoms with van der Waals surface area (Å²) in [5.74, 6) is -0.406. The lowest BCUT2D eigenvalue weighted by Gasteiger charge is -2.35. The van der Waals surface area contributed by atoms with E-state index in [2.05, 4.69) is 10.2 Å². The van der Waals surface area contributed by atoms with Crippen molar-refractivity contribution in [2.24, 2.45) is 5.92 Å². The number of nitrogens with one attached hydrogen (secondary N) is 1. The third-order valence-corrected chi connectivity index (χ3v) is 6.05. The molecule has 1 atom stereocenters. The second-order valence-electron chi connectivity index (χ2n) is 9.77. The fourth-order valence-corrected chi connectivity index (χ4v) is 3.99. The smallest absolute Gasteiger partial charge is 0.410 e. The van der Waals surface area contributed by atoms with Gasteiger partial charge in [0.05, 0.1) is 5.92 Å². The Bertz CT molecular complexity index is 856. The molecule has 0 aliphatic carbocycles. The van der Waals surface area contributed by atoms with E-state index in [1.807, 2.05) is 52.8 Å². The summed E-state index contributed by atoms with van der Waals surface area (Å²) in [6, 6.07) is 5.95. The van der Waals surface area contributed by atoms with Gasteiger partial charge in [-0.15, -0.1) is 0 Å². The average molecular weight is 445 g/mol. The van der Waals surface area contributed by atoms with Crippen LogP contribution >= 0.6 is 0 Å². The molecule has 2 aliphatic heterocycles. The highest BCUT2D eigenvalue weighted by Crippen LogP contribution is 2.27. The first-order valence-electron chi connectivity index (χ1n) is 11.4. The van der Waals surface area contributed by atoms with Crippen LogP contribution in [0, 0.1) is 19.8 Å². The fourth-order valence-electron chi connectivity index (χ4n) is 3.99. The highest BCUT2D eigenvalue weighted by molar-refractivity contribution is 6.00. The lowest BCUT2D eigenvalue weighted by atomic mass is 10.1. The maximum Gasteiger partial charge on any atom is 0.410 e. The van der Waals surface area contributed by atoms with E-state index in [1.165, 1.54) is 5.56 Å². The summed E-state index contributed by atoms with van der Waals surface area (Å²) in [6.07, 6.45) is -0.0301. The average Bonchev–Trinajstić information content (AvgIpc) is 3.11. The highest BCUT2D eigenvalue weighted by Gasteiger charge is 2.35. The number of benzene rings is 1. The largest absolute Gasteiger partial charge is 0.444 e. The van der Waals surface area contributed by atoms with Crippen LogP contribution in [-0.4, -0.2) is 79.1 Å². The SMILES string of the molecule is Cc1ccc(N2CC(C(=O)NCCN3CCN(C(=O)OC(C)(C)C)CC3)CC2=O)cc1C. The van der Waals surface area contributed by atoms with Gasteiger partial charge in [-0.2, -0.15) is 0 Å². The highest BCUT2D eigenvalue weighted by atomic mass is 16.6. The molecular weight excluding hydrogens is 408 g/mol. The number of carbonyl (C=O) groups excluding carboxylic acids is 3. The Hall–Kier alpha value is -2.61. The summed E-state index contributed by atoms with van der Waals surface area (Å²) in [5, 5.41) is 2.99. The Balaban J connectivity index is 1.40. The van der Waals surface area contributed by atoms with Crippen molar-refractivity contribution in [1.82, 2.24) is 15.1 Å². The molecule has 2 saturated heterocycles. The first-order valence-corrected chi connectivity index (χ1v) is 11.4. The Morgan fingerprint density at radius 2 is 1.78 bits per heavy atom. The Labute approximate surface area is 190 Å². The third kappa shape index (κ3) is 6.22. The second-order valence-corrected chi connectivity index (χ2v) is 9.77. The standard InChI is InChI=1S/C24H36N4O4/c1-17-6-7-20(14-18(17)2)28-16-19(15-21(28)29)22(30)25-8-9-26-10-12-27(13-11-26)23(31)32-24(3,4)5/h6-7,14,19H,8-13,15-16H2,1-5H3,(H,25,30). The Morgan fingerprint density at radius 3 is 2.41 bits per heavy atom. The van der Waals surface area contributed by atoms with Gasteiger partial charge in [-0.05, 0) is 57.9 Å². The van der Waals surface area contributed by atoms with E-state index < -0.39 is 5.60 Å². The zero-order chi connectivity index (χ0) is 23.5. The van der Waals surface area contributed by atoms with Crippen molar-refractivity contribution in [3.05, 3.63) is 29.3 Å². The number of rotatable bonds is 5. The first-order chi connectivity index (χ1) is 15.0. The molecule has 0 radical (unpaired) electrons. The monoisotopic (exact) mass is 444 g/mol. The van der Waals surface area contributed by atoms with Crippen LogP contribution < -0.4 is 10.2 Å². The minimum absolute atomic E-state index is 0.00771. The molecule has 8 heteroatoms. The topological polar surface area (TPSA) is 82.2 Å². The Kier molecular flexibility index (Phi) is 7.44. The molecule has 1 aromatic rings. The van der Waals surface area contributed by atoms with E-state index in [1.54, 1.807) is 9.80 Å². The van der Waals surface area contributed by atoms with E-state index in [-0.39, 0.29) is 30.2 Å². The van der Waals surface area contributed by atoms with Crippen molar-refractivity contribution in [2.75, 3.05) is 50.7 Å². The van der Waals surface area contributed by atoms with Gasteiger partial charge < -0.3 is 19.9 Å². The molecule has 0 aromatic heterocycles. The number of ether oxygens (including phenoxy) is 1. The van der Waals surface area contributed by atoms with Crippen LogP contribution in [0.2, 0.25) is 0 Å². The van der Waals surface area contributed by atoms with Crippen molar-refractivity contribution in [3.8, 4) is 0 Å². The second kappa shape index (κ2) is 9.90. The zero-order valence-corrected chi connectivity index (χ0v) is 19.9. The Morgan fingerprint density at radius 1 is 1.09 bits per heavy atom. The van der Waals surface area contributed by atoms with Crippen LogP contribution in [0.25, 0.3) is 0 Å². The molecule has 3 rings (SSSR count). The van der Waals surface area contributed by atoms with Gasteiger partial charge in [-0.1, -0.05) is 6.07 Å². The molecule has 0 bridgehead atoms. The number of carbonyl (C=O) groups is 3. The molecule has 2 aliphatic rings. The summed E-state index contributed by atoms with van der Waals surface area (Å²) < 4.78 is 5.42. The molecular formula is C24H36N4O4. The predicted molar refractivity (Wildman–Crippen MR) is 124 cm³/mol. The molecule has 0 saturated carbocycles. The van der Waals surface area contributed by atoms with Gasteiger partial charge in [0.15, 0.2) is 0 Å². The van der Waals surface area contributed by atoms with Crippen molar-refractivity contribution >= 4 is 23.6 Å². The molecule has 176 valence electrons. The van der Waals surface area contributed by atoms with Crippen LogP contribution in [0.1, 0.15) is 38.3 Å². The molecule has 2 heterocycles. The van der Waals surface area contributed by atoms with Gasteiger partial charge in [0.25, 0.3) is 0 Å². The van der Waals surface area contributed by atoms with Crippen molar-refractivity contribution in [3.63, 3.8) is 0 Å². The number of piperazine rings is 1. The van der Waals surface area contributed by atoms with Crippen molar-refractivity contribution in [1.29, 1.82) is 0 Å². The van der Waals surface area contributed by atoms with E-state index in [0.29, 0.717) is 26.2 Å². The number of aryl methyl sites for hydroxylation is 2. The molecule has 1 unspecified atom stereocenters. The lowest BCUT2D eigenvalue weighted by molar-refractivity contribution is -0.126. The van der Waals surface area contributed by atoms with E-state index >= 15 is 0 Å². The number of hydrogen-bond acceptors (Lipinski definition) is 5. The first kappa shape index (κ1) is 24.0. The summed E-state index contributed by atoms with van der Waals surface area (Å²) >= 11 is 0. The van der Waals surface area contributed by atoms with E-state index in [9.17, 15) is 14.4 Å². The minimum Gasteiger partial charge on any atom is -0.444 e. The molecule has 0 spiro atoms. The predicted octanol–water partition coefficient (Wildman–Crippen LogP) is 2.33. The molecule has 2 fully saturated rings. The number of nitrogens with zero attached hydrogens (tertiary/aromatic N) is 3. The quantitative estimate of drug-likeness (QED) is 0.754. The van der Waals surface area contributed by atoms with Gasteiger partial charge in [0, 0.05) is 57.9 Å². The minimum atomic E-state index is -0.492. The molecule has 1 aromatic carbocycles. The summed E-state index contributed by atoms with van der Waals surface area (Å²) in [4.78, 5) is 42.9. The summed E-state index contributed by atoms with van der Waals surface area (Å²) in [7, 11) is 0. The van der Waals surface area contributed by atoms with Crippen LogP contribution in [-0.2, 0) is 14.3 Å². The van der Waals surface area contributed by atoms with Gasteiger partial charge in [0.2, 0.25) is 11.8 Å². The normalized spacial score (nSPS) is 19.9. The molecule has 1 N–H and O–H groups in total. The molecule has 32 heavy (non-hydrogen) atoms. The lowest BCUT2D eigenvalue weighted by Crippen LogP contribution is -2.51. The van der Waals surface area contributed by atoms with Gasteiger partial charge in [0.1, 0.15) is 5.60 Å². The van der Waals surface area contributed by atoms with Crippen LogP contribution in [0.5, 0.6) is 0 Å². The fraction of sp³-hybridized carbons (Fsp3) is 0.625. The van der Waals surface area contributed by atoms with Gasteiger partial charge in [-0.3, -0.25) is 14.5 Å². The molecule has 3 amide bonds. The van der Waals surface area contributed by atoms with E-state index in [4.69, 9.17) is 4.74 Å². The van der Waals surface area contributed by atoms with E-state index in [0.717, 1.165) is 30.9 Å². The van der Waals surface area contributed by atoms with Crippen molar-refractivity contribution < 1.29 is 19.1 Å². The number of amides is 3. The van der Waals surface area contributed by atoms with Gasteiger partial charge >= 0.3 is 6.09 Å².